The van der Waals surface area contributed by atoms with E-state index in [2.05, 4.69) is 4.98 Å². The number of rotatable bonds is 4. The predicted octanol–water partition coefficient (Wildman–Crippen LogP) is 2.68. The van der Waals surface area contributed by atoms with Crippen LogP contribution in [-0.4, -0.2) is 47.7 Å². The third kappa shape index (κ3) is 5.68. The van der Waals surface area contributed by atoms with Crippen molar-refractivity contribution in [3.05, 3.63) is 24.0 Å². The molecule has 0 bridgehead atoms. The van der Waals surface area contributed by atoms with Gasteiger partial charge in [-0.3, -0.25) is 4.79 Å². The fourth-order valence-corrected chi connectivity index (χ4v) is 2.56. The van der Waals surface area contributed by atoms with Gasteiger partial charge in [-0.2, -0.15) is 13.2 Å². The first kappa shape index (κ1) is 22.8. The van der Waals surface area contributed by atoms with E-state index < -0.39 is 18.7 Å². The molecule has 1 saturated heterocycles. The van der Waals surface area contributed by atoms with Crippen molar-refractivity contribution in [3.63, 3.8) is 0 Å². The smallest absolute Gasteiger partial charge is 0.422 e. The molecule has 1 fully saturated rings. The lowest BCUT2D eigenvalue weighted by atomic mass is 10.1. The van der Waals surface area contributed by atoms with Crippen molar-refractivity contribution in [1.82, 2.24) is 9.88 Å². The average molecular weight is 390 g/mol. The first-order chi connectivity index (χ1) is 10.3. The van der Waals surface area contributed by atoms with Crippen LogP contribution in [0.25, 0.3) is 0 Å². The molecule has 1 aliphatic rings. The Labute approximate surface area is 150 Å². The second-order valence-electron chi connectivity index (χ2n) is 5.40. The van der Waals surface area contributed by atoms with E-state index in [9.17, 15) is 18.0 Å². The summed E-state index contributed by atoms with van der Waals surface area (Å²) in [6.07, 6.45) is -2.34. The summed E-state index contributed by atoms with van der Waals surface area (Å²) >= 11 is 0. The third-order valence-electron chi connectivity index (χ3n) is 3.62. The zero-order valence-electron chi connectivity index (χ0n) is 13.0. The molecule has 2 N–H and O–H groups in total. The van der Waals surface area contributed by atoms with Crippen LogP contribution in [0.3, 0.4) is 0 Å². The molecule has 0 aromatic carbocycles. The largest absolute Gasteiger partial charge is 0.482 e. The van der Waals surface area contributed by atoms with E-state index in [1.165, 1.54) is 18.3 Å². The summed E-state index contributed by atoms with van der Waals surface area (Å²) in [4.78, 5) is 18.0. The van der Waals surface area contributed by atoms with Crippen LogP contribution in [0, 0.1) is 5.92 Å². The van der Waals surface area contributed by atoms with Gasteiger partial charge in [0.15, 0.2) is 18.1 Å². The van der Waals surface area contributed by atoms with E-state index in [0.717, 1.165) is 6.42 Å². The molecular formula is C14H20Cl2F3N3O2. The van der Waals surface area contributed by atoms with E-state index in [0.29, 0.717) is 13.1 Å². The van der Waals surface area contributed by atoms with Crippen molar-refractivity contribution in [2.24, 2.45) is 11.7 Å². The fraction of sp³-hybridized carbons (Fsp3) is 0.571. The molecule has 2 heterocycles. The molecule has 0 aliphatic carbocycles. The van der Waals surface area contributed by atoms with Crippen LogP contribution in [0.1, 0.15) is 23.8 Å². The van der Waals surface area contributed by atoms with E-state index >= 15 is 0 Å². The molecule has 10 heteroatoms. The highest BCUT2D eigenvalue weighted by Gasteiger charge is 2.35. The minimum absolute atomic E-state index is 0. The molecule has 0 saturated carbocycles. The zero-order chi connectivity index (χ0) is 16.3. The minimum atomic E-state index is -4.47. The minimum Gasteiger partial charge on any atom is -0.482 e. The van der Waals surface area contributed by atoms with E-state index in [4.69, 9.17) is 10.5 Å². The van der Waals surface area contributed by atoms with E-state index in [1.54, 1.807) is 4.90 Å². The molecule has 1 amide bonds. The Hall–Kier alpha value is -1.25. The number of carbonyl (C=O) groups excluding carboxylic acids is 1. The lowest BCUT2D eigenvalue weighted by molar-refractivity contribution is -0.153. The number of ether oxygens (including phenoxy) is 1. The summed E-state index contributed by atoms with van der Waals surface area (Å²) in [5.74, 6) is -0.392. The highest BCUT2D eigenvalue weighted by molar-refractivity contribution is 5.95. The molecule has 1 aromatic heterocycles. The first-order valence-electron chi connectivity index (χ1n) is 6.97. The van der Waals surface area contributed by atoms with Gasteiger partial charge in [0.25, 0.3) is 5.91 Å². The number of alkyl halides is 3. The van der Waals surface area contributed by atoms with Gasteiger partial charge in [-0.05, 0) is 37.9 Å². The third-order valence-corrected chi connectivity index (χ3v) is 3.62. The summed E-state index contributed by atoms with van der Waals surface area (Å²) in [7, 11) is 0. The molecule has 138 valence electrons. The highest BCUT2D eigenvalue weighted by Crippen LogP contribution is 2.27. The topological polar surface area (TPSA) is 68.5 Å². The average Bonchev–Trinajstić information content (AvgIpc) is 2.85. The molecule has 2 rings (SSSR count). The van der Waals surface area contributed by atoms with Crippen LogP contribution in [0.15, 0.2) is 18.3 Å². The van der Waals surface area contributed by atoms with Gasteiger partial charge in [-0.15, -0.1) is 24.8 Å². The Morgan fingerprint density at radius 1 is 1.46 bits per heavy atom. The number of nitrogens with two attached hydrogens (primary N) is 1. The van der Waals surface area contributed by atoms with Crippen molar-refractivity contribution < 1.29 is 22.7 Å². The number of hydrogen-bond acceptors (Lipinski definition) is 4. The summed E-state index contributed by atoms with van der Waals surface area (Å²) in [6, 6.07) is 2.71. The van der Waals surface area contributed by atoms with Crippen LogP contribution in [0.5, 0.6) is 5.75 Å². The number of hydrogen-bond donors (Lipinski definition) is 1. The van der Waals surface area contributed by atoms with Gasteiger partial charge in [0.05, 0.1) is 0 Å². The van der Waals surface area contributed by atoms with Gasteiger partial charge < -0.3 is 15.4 Å². The quantitative estimate of drug-likeness (QED) is 0.859. The van der Waals surface area contributed by atoms with Crippen molar-refractivity contribution in [2.75, 3.05) is 19.7 Å². The number of halogens is 5. The number of carbonyl (C=O) groups is 1. The summed E-state index contributed by atoms with van der Waals surface area (Å²) in [5, 5.41) is 0. The SMILES string of the molecule is CC1CC(CN)CN1C(=O)c1ncccc1OCC(F)(F)F.Cl.Cl. The zero-order valence-corrected chi connectivity index (χ0v) is 14.6. The number of pyridine rings is 1. The maximum absolute atomic E-state index is 12.5. The highest BCUT2D eigenvalue weighted by atomic mass is 35.5. The molecular weight excluding hydrogens is 370 g/mol. The molecule has 2 unspecified atom stereocenters. The van der Waals surface area contributed by atoms with Crippen LogP contribution >= 0.6 is 24.8 Å². The van der Waals surface area contributed by atoms with E-state index in [1.807, 2.05) is 6.92 Å². The van der Waals surface area contributed by atoms with Crippen molar-refractivity contribution >= 4 is 30.7 Å². The lowest BCUT2D eigenvalue weighted by Crippen LogP contribution is -2.35. The van der Waals surface area contributed by atoms with Crippen LogP contribution in [-0.2, 0) is 0 Å². The van der Waals surface area contributed by atoms with Crippen LogP contribution < -0.4 is 10.5 Å². The Bertz CT molecular complexity index is 546. The van der Waals surface area contributed by atoms with Gasteiger partial charge in [0.1, 0.15) is 0 Å². The van der Waals surface area contributed by atoms with Crippen molar-refractivity contribution in [2.45, 2.75) is 25.6 Å². The Balaban J connectivity index is 0.00000264. The number of nitrogens with zero attached hydrogens (tertiary/aromatic N) is 2. The molecule has 5 nitrogen and oxygen atoms in total. The number of likely N-dealkylation sites (tertiary alicyclic amines) is 1. The van der Waals surface area contributed by atoms with E-state index in [-0.39, 0.29) is 48.2 Å². The first-order valence-corrected chi connectivity index (χ1v) is 6.97. The van der Waals surface area contributed by atoms with Gasteiger partial charge in [-0.1, -0.05) is 0 Å². The van der Waals surface area contributed by atoms with Gasteiger partial charge in [-0.25, -0.2) is 4.98 Å². The lowest BCUT2D eigenvalue weighted by Gasteiger charge is -2.22. The van der Waals surface area contributed by atoms with Crippen molar-refractivity contribution in [3.8, 4) is 5.75 Å². The van der Waals surface area contributed by atoms with Gasteiger partial charge in [0.2, 0.25) is 0 Å². The number of amides is 1. The molecule has 1 aliphatic heterocycles. The summed E-state index contributed by atoms with van der Waals surface area (Å²) in [6.45, 7) is 1.37. The summed E-state index contributed by atoms with van der Waals surface area (Å²) < 4.78 is 41.5. The van der Waals surface area contributed by atoms with Crippen molar-refractivity contribution in [1.29, 1.82) is 0 Å². The Morgan fingerprint density at radius 2 is 2.12 bits per heavy atom. The standard InChI is InChI=1S/C14H18F3N3O2.2ClH/c1-9-5-10(6-18)7-20(9)13(21)12-11(3-2-4-19-12)22-8-14(15,16)17;;/h2-4,9-10H,5-8,18H2,1H3;2*1H. The van der Waals surface area contributed by atoms with Crippen LogP contribution in [0.4, 0.5) is 13.2 Å². The molecule has 0 radical (unpaired) electrons. The molecule has 24 heavy (non-hydrogen) atoms. The van der Waals surface area contributed by atoms with Crippen LogP contribution in [0.2, 0.25) is 0 Å². The maximum atomic E-state index is 12.5. The predicted molar refractivity (Wildman–Crippen MR) is 87.9 cm³/mol. The monoisotopic (exact) mass is 389 g/mol. The molecule has 2 atom stereocenters. The van der Waals surface area contributed by atoms with Gasteiger partial charge >= 0.3 is 6.18 Å². The maximum Gasteiger partial charge on any atom is 0.422 e. The number of aromatic nitrogens is 1. The fourth-order valence-electron chi connectivity index (χ4n) is 2.56. The molecule has 1 aromatic rings. The second kappa shape index (κ2) is 9.29. The van der Waals surface area contributed by atoms with Gasteiger partial charge in [0, 0.05) is 18.8 Å². The molecule has 0 spiro atoms. The normalized spacial score (nSPS) is 20.1. The Morgan fingerprint density at radius 3 is 2.67 bits per heavy atom. The Kier molecular flexibility index (Phi) is 8.81. The second-order valence-corrected chi connectivity index (χ2v) is 5.40. The summed E-state index contributed by atoms with van der Waals surface area (Å²) in [5.41, 5.74) is 5.52.